The van der Waals surface area contributed by atoms with Crippen LogP contribution in [0.4, 0.5) is 10.2 Å². The van der Waals surface area contributed by atoms with Crippen LogP contribution in [0, 0.1) is 24.1 Å². The Morgan fingerprint density at radius 2 is 2.11 bits per heavy atom. The Balaban J connectivity index is 2.56. The third-order valence-corrected chi connectivity index (χ3v) is 2.73. The molecule has 96 valence electrons. The summed E-state index contributed by atoms with van der Waals surface area (Å²) in [5.41, 5.74) is 2.31. The Labute approximate surface area is 110 Å². The van der Waals surface area contributed by atoms with E-state index in [1.165, 1.54) is 18.5 Å². The van der Waals surface area contributed by atoms with Crippen LogP contribution in [-0.4, -0.2) is 16.5 Å². The van der Waals surface area contributed by atoms with Crippen molar-refractivity contribution in [2.24, 2.45) is 0 Å². The highest BCUT2D eigenvalue weighted by Crippen LogP contribution is 2.26. The maximum Gasteiger partial charge on any atom is 0.132 e. The van der Waals surface area contributed by atoms with Gasteiger partial charge in [-0.05, 0) is 32.0 Å². The maximum atomic E-state index is 13.5. The molecule has 1 aromatic heterocycles. The van der Waals surface area contributed by atoms with Crippen LogP contribution in [0.1, 0.15) is 18.1 Å². The van der Waals surface area contributed by atoms with Gasteiger partial charge in [-0.3, -0.25) is 0 Å². The predicted octanol–water partition coefficient (Wildman–Crippen LogP) is 2.89. The fourth-order valence-corrected chi connectivity index (χ4v) is 1.88. The van der Waals surface area contributed by atoms with Gasteiger partial charge in [0.2, 0.25) is 0 Å². The highest BCUT2D eigenvalue weighted by atomic mass is 19.1. The van der Waals surface area contributed by atoms with Crippen molar-refractivity contribution in [2.75, 3.05) is 11.9 Å². The molecule has 0 atom stereocenters. The molecule has 0 radical (unpaired) electrons. The largest absolute Gasteiger partial charge is 0.370 e. The zero-order valence-corrected chi connectivity index (χ0v) is 10.7. The van der Waals surface area contributed by atoms with Gasteiger partial charge in [0.05, 0.1) is 17.3 Å². The molecule has 2 rings (SSSR count). The summed E-state index contributed by atoms with van der Waals surface area (Å²) in [5, 5.41) is 12.0. The third kappa shape index (κ3) is 2.68. The molecular weight excluding hydrogens is 243 g/mol. The topological polar surface area (TPSA) is 61.6 Å². The molecule has 0 saturated heterocycles. The minimum atomic E-state index is -0.447. The van der Waals surface area contributed by atoms with Crippen LogP contribution in [0.5, 0.6) is 0 Å². The van der Waals surface area contributed by atoms with Crippen LogP contribution < -0.4 is 5.32 Å². The van der Waals surface area contributed by atoms with E-state index in [1.807, 2.05) is 19.9 Å². The number of anilines is 1. The Morgan fingerprint density at radius 3 is 2.79 bits per heavy atom. The van der Waals surface area contributed by atoms with E-state index in [-0.39, 0.29) is 5.56 Å². The maximum absolute atomic E-state index is 13.5. The summed E-state index contributed by atoms with van der Waals surface area (Å²) in [4.78, 5) is 8.32. The molecule has 1 N–H and O–H groups in total. The average Bonchev–Trinajstić information content (AvgIpc) is 2.40. The van der Waals surface area contributed by atoms with Crippen molar-refractivity contribution < 1.29 is 4.39 Å². The summed E-state index contributed by atoms with van der Waals surface area (Å²) in [7, 11) is 0. The van der Waals surface area contributed by atoms with Crippen molar-refractivity contribution in [3.05, 3.63) is 41.5 Å². The van der Waals surface area contributed by atoms with Gasteiger partial charge in [0.25, 0.3) is 0 Å². The van der Waals surface area contributed by atoms with Gasteiger partial charge in [-0.2, -0.15) is 5.26 Å². The molecule has 0 aliphatic carbocycles. The molecule has 19 heavy (non-hydrogen) atoms. The number of benzene rings is 1. The molecule has 1 heterocycles. The molecule has 0 aliphatic heterocycles. The zero-order chi connectivity index (χ0) is 13.8. The van der Waals surface area contributed by atoms with Crippen molar-refractivity contribution in [3.8, 4) is 17.3 Å². The Hall–Kier alpha value is -2.48. The summed E-state index contributed by atoms with van der Waals surface area (Å²) in [6, 6.07) is 6.12. The fraction of sp³-hybridized carbons (Fsp3) is 0.214. The molecular formula is C14H13FN4. The SMILES string of the molecule is CCNc1ncnc(-c2cc(F)cc(C#N)c2)c1C. The quantitative estimate of drug-likeness (QED) is 0.917. The first-order valence-electron chi connectivity index (χ1n) is 5.92. The van der Waals surface area contributed by atoms with Crippen LogP contribution in [0.25, 0.3) is 11.3 Å². The average molecular weight is 256 g/mol. The van der Waals surface area contributed by atoms with Crippen LogP contribution in [-0.2, 0) is 0 Å². The van der Waals surface area contributed by atoms with Gasteiger partial charge in [0, 0.05) is 17.7 Å². The van der Waals surface area contributed by atoms with Crippen LogP contribution in [0.15, 0.2) is 24.5 Å². The van der Waals surface area contributed by atoms with Gasteiger partial charge in [0.15, 0.2) is 0 Å². The predicted molar refractivity (Wildman–Crippen MR) is 71.0 cm³/mol. The third-order valence-electron chi connectivity index (χ3n) is 2.73. The van der Waals surface area contributed by atoms with Gasteiger partial charge in [0.1, 0.15) is 18.0 Å². The molecule has 0 spiro atoms. The number of nitrogens with zero attached hydrogens (tertiary/aromatic N) is 3. The lowest BCUT2D eigenvalue weighted by Gasteiger charge is -2.10. The molecule has 0 fully saturated rings. The van der Waals surface area contributed by atoms with Gasteiger partial charge >= 0.3 is 0 Å². The first-order valence-corrected chi connectivity index (χ1v) is 5.92. The molecule has 0 unspecified atom stereocenters. The molecule has 0 amide bonds. The molecule has 1 aromatic carbocycles. The monoisotopic (exact) mass is 256 g/mol. The number of hydrogen-bond donors (Lipinski definition) is 1. The lowest BCUT2D eigenvalue weighted by atomic mass is 10.0. The number of aromatic nitrogens is 2. The van der Waals surface area contributed by atoms with Crippen LogP contribution in [0.2, 0.25) is 0 Å². The molecule has 5 heteroatoms. The van der Waals surface area contributed by atoms with E-state index in [1.54, 1.807) is 6.07 Å². The number of rotatable bonds is 3. The standard InChI is InChI=1S/C14H13FN4/c1-3-17-14-9(2)13(18-8-19-14)11-4-10(7-16)5-12(15)6-11/h4-6,8H,3H2,1-2H3,(H,17,18,19). The van der Waals surface area contributed by atoms with Crippen molar-refractivity contribution in [1.29, 1.82) is 5.26 Å². The fourth-order valence-electron chi connectivity index (χ4n) is 1.88. The summed E-state index contributed by atoms with van der Waals surface area (Å²) >= 11 is 0. The lowest BCUT2D eigenvalue weighted by Crippen LogP contribution is -2.03. The van der Waals surface area contributed by atoms with E-state index < -0.39 is 5.82 Å². The first kappa shape index (κ1) is 13.0. The van der Waals surface area contributed by atoms with E-state index in [0.717, 1.165) is 17.9 Å². The molecule has 2 aromatic rings. The minimum Gasteiger partial charge on any atom is -0.370 e. The number of hydrogen-bond acceptors (Lipinski definition) is 4. The van der Waals surface area contributed by atoms with Crippen LogP contribution in [0.3, 0.4) is 0 Å². The Bertz CT molecular complexity index is 646. The van der Waals surface area contributed by atoms with E-state index in [2.05, 4.69) is 15.3 Å². The first-order chi connectivity index (χ1) is 9.15. The number of nitriles is 1. The number of nitrogens with one attached hydrogen (secondary N) is 1. The van der Waals surface area contributed by atoms with Crippen molar-refractivity contribution >= 4 is 5.82 Å². The Kier molecular flexibility index (Phi) is 3.71. The summed E-state index contributed by atoms with van der Waals surface area (Å²) in [5.74, 6) is 0.271. The molecule has 0 aliphatic rings. The zero-order valence-electron chi connectivity index (χ0n) is 10.7. The normalized spacial score (nSPS) is 10.0. The molecule has 0 bridgehead atoms. The molecule has 4 nitrogen and oxygen atoms in total. The second-order valence-corrected chi connectivity index (χ2v) is 4.07. The second kappa shape index (κ2) is 5.44. The lowest BCUT2D eigenvalue weighted by molar-refractivity contribution is 0.628. The van der Waals surface area contributed by atoms with Gasteiger partial charge in [-0.25, -0.2) is 14.4 Å². The van der Waals surface area contributed by atoms with Gasteiger partial charge < -0.3 is 5.32 Å². The summed E-state index contributed by atoms with van der Waals surface area (Å²) < 4.78 is 13.5. The van der Waals surface area contributed by atoms with E-state index in [4.69, 9.17) is 5.26 Å². The van der Waals surface area contributed by atoms with Crippen LogP contribution >= 0.6 is 0 Å². The number of halogens is 1. The Morgan fingerprint density at radius 1 is 1.32 bits per heavy atom. The highest BCUT2D eigenvalue weighted by molar-refractivity contribution is 5.69. The van der Waals surface area contributed by atoms with Crippen molar-refractivity contribution in [3.63, 3.8) is 0 Å². The summed E-state index contributed by atoms with van der Waals surface area (Å²) in [6.45, 7) is 4.57. The summed E-state index contributed by atoms with van der Waals surface area (Å²) in [6.07, 6.45) is 1.43. The van der Waals surface area contributed by atoms with E-state index in [0.29, 0.717) is 11.3 Å². The van der Waals surface area contributed by atoms with Crippen molar-refractivity contribution in [2.45, 2.75) is 13.8 Å². The smallest absolute Gasteiger partial charge is 0.132 e. The van der Waals surface area contributed by atoms with Crippen molar-refractivity contribution in [1.82, 2.24) is 9.97 Å². The van der Waals surface area contributed by atoms with E-state index in [9.17, 15) is 4.39 Å². The second-order valence-electron chi connectivity index (χ2n) is 4.07. The molecule has 0 saturated carbocycles. The minimum absolute atomic E-state index is 0.276. The van der Waals surface area contributed by atoms with E-state index >= 15 is 0 Å². The van der Waals surface area contributed by atoms with Gasteiger partial charge in [-0.15, -0.1) is 0 Å². The van der Waals surface area contributed by atoms with Gasteiger partial charge in [-0.1, -0.05) is 0 Å². The highest BCUT2D eigenvalue weighted by Gasteiger charge is 2.10.